The van der Waals surface area contributed by atoms with Gasteiger partial charge in [0.25, 0.3) is 0 Å². The second kappa shape index (κ2) is 13.0. The zero-order valence-corrected chi connectivity index (χ0v) is 24.1. The molecule has 0 spiro atoms. The predicted molar refractivity (Wildman–Crippen MR) is 152 cm³/mol. The van der Waals surface area contributed by atoms with Crippen LogP contribution in [0.4, 0.5) is 0 Å². The number of carbonyl (C=O) groups is 1. The van der Waals surface area contributed by atoms with Crippen LogP contribution in [0.5, 0.6) is 5.75 Å². The van der Waals surface area contributed by atoms with Gasteiger partial charge in [-0.05, 0) is 74.8 Å². The van der Waals surface area contributed by atoms with Gasteiger partial charge in [-0.3, -0.25) is 18.6 Å². The van der Waals surface area contributed by atoms with Crippen LogP contribution in [-0.4, -0.2) is 53.6 Å². The van der Waals surface area contributed by atoms with Crippen LogP contribution < -0.4 is 4.74 Å². The minimum atomic E-state index is -3.26. The van der Waals surface area contributed by atoms with Crippen LogP contribution in [0, 0.1) is 6.92 Å². The Hall–Kier alpha value is -2.92. The maximum absolute atomic E-state index is 12.5. The molecule has 2 unspecified atom stereocenters. The fraction of sp³-hybridized carbons (Fsp3) is 0.483. The lowest BCUT2D eigenvalue weighted by Gasteiger charge is -2.42. The quantitative estimate of drug-likeness (QED) is 0.278. The lowest BCUT2D eigenvalue weighted by molar-refractivity contribution is -0.143. The second-order valence-corrected chi connectivity index (χ2v) is 12.1. The summed E-state index contributed by atoms with van der Waals surface area (Å²) in [4.78, 5) is 12.9. The molecule has 1 aromatic heterocycles. The molecule has 3 aromatic rings. The van der Waals surface area contributed by atoms with E-state index in [4.69, 9.17) is 9.47 Å². The van der Waals surface area contributed by atoms with Crippen LogP contribution in [0.1, 0.15) is 68.3 Å². The molecule has 0 fully saturated rings. The molecule has 10 heteroatoms. The molecule has 0 radical (unpaired) electrons. The Morgan fingerprint density at radius 1 is 1.23 bits per heavy atom. The fourth-order valence-electron chi connectivity index (χ4n) is 4.94. The van der Waals surface area contributed by atoms with E-state index in [0.717, 1.165) is 35.3 Å². The minimum Gasteiger partial charge on any atom is -0.487 e. The number of carbonyl (C=O) groups excluding carboxylic acids is 1. The first-order valence-electron chi connectivity index (χ1n) is 13.6. The average Bonchev–Trinajstić information content (AvgIpc) is 3.31. The maximum atomic E-state index is 12.5. The summed E-state index contributed by atoms with van der Waals surface area (Å²) in [7, 11) is -3.26. The minimum absolute atomic E-state index is 0.0767. The smallest absolute Gasteiger partial charge is 0.306 e. The van der Waals surface area contributed by atoms with E-state index in [1.807, 2.05) is 43.8 Å². The number of rotatable bonds is 11. The number of nitrogens with zero attached hydrogens (tertiary/aromatic N) is 4. The number of para-hydroxylation sites is 1. The van der Waals surface area contributed by atoms with Crippen molar-refractivity contribution in [2.24, 2.45) is 0 Å². The third kappa shape index (κ3) is 7.19. The van der Waals surface area contributed by atoms with Crippen LogP contribution in [0.25, 0.3) is 0 Å². The van der Waals surface area contributed by atoms with Crippen molar-refractivity contribution in [3.8, 4) is 5.75 Å². The Morgan fingerprint density at radius 3 is 2.79 bits per heavy atom. The molecular weight excluding hydrogens is 516 g/mol. The molecule has 2 atom stereocenters. The zero-order valence-electron chi connectivity index (χ0n) is 23.2. The van der Waals surface area contributed by atoms with E-state index in [9.17, 15) is 13.9 Å². The maximum Gasteiger partial charge on any atom is 0.306 e. The second-order valence-electron chi connectivity index (χ2n) is 10.1. The Bertz CT molecular complexity index is 1260. The van der Waals surface area contributed by atoms with Crippen LogP contribution in [0.3, 0.4) is 0 Å². The van der Waals surface area contributed by atoms with Gasteiger partial charge in [-0.25, -0.2) is 0 Å². The third-order valence-corrected chi connectivity index (χ3v) is 8.92. The van der Waals surface area contributed by atoms with Gasteiger partial charge in [0.1, 0.15) is 16.7 Å². The molecule has 4 rings (SSSR count). The molecule has 0 saturated heterocycles. The summed E-state index contributed by atoms with van der Waals surface area (Å²) in [6, 6.07) is 13.3. The van der Waals surface area contributed by atoms with Crippen molar-refractivity contribution in [2.75, 3.05) is 13.2 Å². The summed E-state index contributed by atoms with van der Waals surface area (Å²) in [5.74, 6) is 0.194. The third-order valence-electron chi connectivity index (χ3n) is 6.99. The van der Waals surface area contributed by atoms with Gasteiger partial charge in [0.05, 0.1) is 25.3 Å². The predicted octanol–water partition coefficient (Wildman–Crippen LogP) is 5.97. The highest BCUT2D eigenvalue weighted by atomic mass is 32.3. The van der Waals surface area contributed by atoms with Crippen LogP contribution >= 0.6 is 10.8 Å². The van der Waals surface area contributed by atoms with Gasteiger partial charge in [-0.2, -0.15) is 4.31 Å². The van der Waals surface area contributed by atoms with Gasteiger partial charge in [0, 0.05) is 19.3 Å². The van der Waals surface area contributed by atoms with Crippen LogP contribution in [0.15, 0.2) is 53.6 Å². The van der Waals surface area contributed by atoms with Gasteiger partial charge in [0.15, 0.2) is 0 Å². The SMILES string of the molecule is CCCn1cc(CCC(CC(=O)OCC)c2ccc(C)c(CN3CC(C)Oc4ccccc4S3(O)O)c2)nn1. The number of aromatic nitrogens is 3. The normalized spacial score (nSPS) is 18.5. The molecule has 39 heavy (non-hydrogen) atoms. The van der Waals surface area contributed by atoms with Crippen molar-refractivity contribution in [3.63, 3.8) is 0 Å². The van der Waals surface area contributed by atoms with Crippen molar-refractivity contribution in [1.82, 2.24) is 19.3 Å². The van der Waals surface area contributed by atoms with E-state index in [1.165, 1.54) is 0 Å². The molecule has 0 saturated carbocycles. The summed E-state index contributed by atoms with van der Waals surface area (Å²) in [6.07, 6.45) is 4.39. The van der Waals surface area contributed by atoms with Crippen LogP contribution in [0.2, 0.25) is 0 Å². The van der Waals surface area contributed by atoms with Crippen molar-refractivity contribution in [3.05, 3.63) is 71.0 Å². The largest absolute Gasteiger partial charge is 0.487 e. The van der Waals surface area contributed by atoms with Crippen molar-refractivity contribution in [2.45, 2.75) is 83.4 Å². The molecule has 2 aromatic carbocycles. The monoisotopic (exact) mass is 556 g/mol. The molecule has 212 valence electrons. The highest BCUT2D eigenvalue weighted by Gasteiger charge is 2.34. The average molecular weight is 557 g/mol. The molecule has 1 aliphatic rings. The summed E-state index contributed by atoms with van der Waals surface area (Å²) >= 11 is 0. The van der Waals surface area contributed by atoms with Crippen LogP contribution in [-0.2, 0) is 29.0 Å². The number of benzene rings is 2. The Labute approximate surface area is 232 Å². The van der Waals surface area contributed by atoms with E-state index in [1.54, 1.807) is 22.5 Å². The van der Waals surface area contributed by atoms with Gasteiger partial charge >= 0.3 is 5.97 Å². The number of fused-ring (bicyclic) bond motifs is 1. The summed E-state index contributed by atoms with van der Waals surface area (Å²) in [5, 5.41) is 8.50. The van der Waals surface area contributed by atoms with Gasteiger partial charge in [0.2, 0.25) is 0 Å². The molecular formula is C29H40N4O5S. The summed E-state index contributed by atoms with van der Waals surface area (Å²) in [6.45, 7) is 9.72. The highest BCUT2D eigenvalue weighted by Crippen LogP contribution is 2.57. The summed E-state index contributed by atoms with van der Waals surface area (Å²) < 4.78 is 37.6. The van der Waals surface area contributed by atoms with E-state index < -0.39 is 10.8 Å². The number of ether oxygens (including phenoxy) is 2. The van der Waals surface area contributed by atoms with E-state index in [-0.39, 0.29) is 24.4 Å². The lowest BCUT2D eigenvalue weighted by Crippen LogP contribution is -2.33. The van der Waals surface area contributed by atoms with E-state index >= 15 is 0 Å². The lowest BCUT2D eigenvalue weighted by atomic mass is 9.88. The zero-order chi connectivity index (χ0) is 28.0. The number of hydrogen-bond donors (Lipinski definition) is 2. The van der Waals surface area contributed by atoms with Gasteiger partial charge < -0.3 is 9.47 Å². The molecule has 0 aliphatic carbocycles. The molecule has 2 heterocycles. The van der Waals surface area contributed by atoms with Crippen molar-refractivity contribution in [1.29, 1.82) is 0 Å². The molecule has 9 nitrogen and oxygen atoms in total. The topological polar surface area (TPSA) is 110 Å². The van der Waals surface area contributed by atoms with Crippen molar-refractivity contribution >= 4 is 16.7 Å². The molecule has 2 N–H and O–H groups in total. The Kier molecular flexibility index (Phi) is 9.66. The number of esters is 1. The standard InChI is InChI=1S/C29H40N4O5S/c1-5-15-32-20-26(30-31-32)14-13-24(17-29(34)37-6-2)23-12-11-21(3)25(16-23)19-33-18-22(4)38-27-9-7-8-10-28(27)39(33,35)36/h7-12,16,20,22,24,35-36H,5-6,13-15,17-19H2,1-4H3. The molecule has 0 amide bonds. The van der Waals surface area contributed by atoms with E-state index in [2.05, 4.69) is 29.4 Å². The number of hydrogen-bond acceptors (Lipinski definition) is 8. The van der Waals surface area contributed by atoms with Crippen molar-refractivity contribution < 1.29 is 23.4 Å². The first-order valence-corrected chi connectivity index (χ1v) is 15.1. The molecule has 1 aliphatic heterocycles. The first-order chi connectivity index (χ1) is 18.7. The first kappa shape index (κ1) is 29.1. The Balaban J connectivity index is 1.59. The Morgan fingerprint density at radius 2 is 2.03 bits per heavy atom. The van der Waals surface area contributed by atoms with Gasteiger partial charge in [-0.15, -0.1) is 15.9 Å². The fourth-order valence-corrected chi connectivity index (χ4v) is 6.60. The summed E-state index contributed by atoms with van der Waals surface area (Å²) in [5.41, 5.74) is 3.93. The molecule has 0 bridgehead atoms. The highest BCUT2D eigenvalue weighted by molar-refractivity contribution is 8.22. The van der Waals surface area contributed by atoms with Gasteiger partial charge in [-0.1, -0.05) is 42.5 Å². The van der Waals surface area contributed by atoms with E-state index in [0.29, 0.717) is 43.2 Å². The number of aryl methyl sites for hydroxylation is 3.